The second-order valence-electron chi connectivity index (χ2n) is 6.32. The largest absolute Gasteiger partial charge is 0.486 e. The normalized spacial score (nSPS) is 14.3. The first kappa shape index (κ1) is 15.2. The molecule has 1 heterocycles. The summed E-state index contributed by atoms with van der Waals surface area (Å²) in [6.45, 7) is 10.3. The van der Waals surface area contributed by atoms with Crippen molar-refractivity contribution in [1.82, 2.24) is 5.32 Å². The Balaban J connectivity index is 1.87. The fourth-order valence-electron chi connectivity index (χ4n) is 2.42. The van der Waals surface area contributed by atoms with Crippen LogP contribution < -0.4 is 14.8 Å². The van der Waals surface area contributed by atoms with Crippen LogP contribution in [-0.4, -0.2) is 26.3 Å². The number of fused-ring (bicyclic) bond motifs is 1. The van der Waals surface area contributed by atoms with Crippen molar-refractivity contribution in [3.63, 3.8) is 0 Å². The zero-order valence-electron chi connectivity index (χ0n) is 13.0. The van der Waals surface area contributed by atoms with Gasteiger partial charge in [0.1, 0.15) is 13.2 Å². The molecule has 0 bridgehead atoms. The monoisotopic (exact) mass is 277 g/mol. The van der Waals surface area contributed by atoms with Gasteiger partial charge in [-0.05, 0) is 48.9 Å². The Morgan fingerprint density at radius 3 is 2.65 bits per heavy atom. The Morgan fingerprint density at radius 1 is 1.15 bits per heavy atom. The molecule has 3 nitrogen and oxygen atoms in total. The number of rotatable bonds is 7. The van der Waals surface area contributed by atoms with E-state index in [1.807, 2.05) is 6.07 Å². The fraction of sp³-hybridized carbons (Fsp3) is 0.647. The molecule has 3 heteroatoms. The number of nitrogens with one attached hydrogen (secondary N) is 1. The molecule has 0 radical (unpaired) electrons. The quantitative estimate of drug-likeness (QED) is 0.775. The van der Waals surface area contributed by atoms with Crippen molar-refractivity contribution >= 4 is 0 Å². The van der Waals surface area contributed by atoms with E-state index in [1.54, 1.807) is 0 Å². The van der Waals surface area contributed by atoms with Gasteiger partial charge in [-0.25, -0.2) is 0 Å². The highest BCUT2D eigenvalue weighted by Gasteiger charge is 2.18. The summed E-state index contributed by atoms with van der Waals surface area (Å²) in [7, 11) is 0. The molecule has 0 saturated heterocycles. The third-order valence-corrected chi connectivity index (χ3v) is 3.73. The van der Waals surface area contributed by atoms with Crippen LogP contribution in [-0.2, 0) is 6.42 Å². The molecule has 1 N–H and O–H groups in total. The zero-order valence-corrected chi connectivity index (χ0v) is 13.0. The molecule has 0 atom stereocenters. The predicted octanol–water partition coefficient (Wildman–Crippen LogP) is 3.42. The number of hydrogen-bond acceptors (Lipinski definition) is 3. The minimum atomic E-state index is 0.322. The Labute approximate surface area is 122 Å². The SMILES string of the molecule is CCCNCC(C)(C)CCc1ccc2c(c1)OCCO2. The summed E-state index contributed by atoms with van der Waals surface area (Å²) in [6, 6.07) is 6.32. The van der Waals surface area contributed by atoms with Gasteiger partial charge in [-0.15, -0.1) is 0 Å². The molecule has 20 heavy (non-hydrogen) atoms. The van der Waals surface area contributed by atoms with Crippen molar-refractivity contribution in [2.75, 3.05) is 26.3 Å². The van der Waals surface area contributed by atoms with E-state index in [9.17, 15) is 0 Å². The lowest BCUT2D eigenvalue weighted by Crippen LogP contribution is -2.30. The Bertz CT molecular complexity index is 429. The summed E-state index contributed by atoms with van der Waals surface area (Å²) in [5.74, 6) is 1.78. The number of aryl methyl sites for hydroxylation is 1. The van der Waals surface area contributed by atoms with Crippen LogP contribution in [0.2, 0.25) is 0 Å². The molecule has 0 aromatic heterocycles. The summed E-state index contributed by atoms with van der Waals surface area (Å²) in [5.41, 5.74) is 1.65. The minimum absolute atomic E-state index is 0.322. The van der Waals surface area contributed by atoms with Gasteiger partial charge in [0.15, 0.2) is 11.5 Å². The van der Waals surface area contributed by atoms with E-state index >= 15 is 0 Å². The second kappa shape index (κ2) is 6.98. The van der Waals surface area contributed by atoms with Crippen molar-refractivity contribution in [2.45, 2.75) is 40.0 Å². The van der Waals surface area contributed by atoms with E-state index in [4.69, 9.17) is 9.47 Å². The first-order valence-electron chi connectivity index (χ1n) is 7.70. The highest BCUT2D eigenvalue weighted by atomic mass is 16.6. The molecule has 112 valence electrons. The molecular formula is C17H27NO2. The minimum Gasteiger partial charge on any atom is -0.486 e. The highest BCUT2D eigenvalue weighted by molar-refractivity contribution is 5.43. The number of ether oxygens (including phenoxy) is 2. The van der Waals surface area contributed by atoms with Gasteiger partial charge in [-0.2, -0.15) is 0 Å². The van der Waals surface area contributed by atoms with E-state index in [0.717, 1.165) is 31.0 Å². The maximum absolute atomic E-state index is 5.64. The van der Waals surface area contributed by atoms with Gasteiger partial charge < -0.3 is 14.8 Å². The van der Waals surface area contributed by atoms with E-state index in [-0.39, 0.29) is 0 Å². The summed E-state index contributed by atoms with van der Waals surface area (Å²) in [6.07, 6.45) is 3.44. The fourth-order valence-corrected chi connectivity index (χ4v) is 2.42. The highest BCUT2D eigenvalue weighted by Crippen LogP contribution is 2.32. The number of benzene rings is 1. The molecule has 1 aliphatic rings. The zero-order chi connectivity index (χ0) is 14.4. The van der Waals surface area contributed by atoms with Gasteiger partial charge in [-0.1, -0.05) is 26.8 Å². The molecular weight excluding hydrogens is 250 g/mol. The molecule has 1 aromatic carbocycles. The maximum Gasteiger partial charge on any atom is 0.161 e. The molecule has 0 aliphatic carbocycles. The molecule has 1 aliphatic heterocycles. The van der Waals surface area contributed by atoms with Gasteiger partial charge in [0.05, 0.1) is 0 Å². The maximum atomic E-state index is 5.64. The first-order chi connectivity index (χ1) is 9.61. The van der Waals surface area contributed by atoms with Crippen LogP contribution in [0.5, 0.6) is 11.5 Å². The van der Waals surface area contributed by atoms with Crippen LogP contribution in [0.25, 0.3) is 0 Å². The van der Waals surface area contributed by atoms with Gasteiger partial charge in [0, 0.05) is 6.54 Å². The van der Waals surface area contributed by atoms with Gasteiger partial charge in [0.2, 0.25) is 0 Å². The van der Waals surface area contributed by atoms with Crippen LogP contribution in [0.1, 0.15) is 39.2 Å². The van der Waals surface area contributed by atoms with Crippen LogP contribution in [0, 0.1) is 5.41 Å². The van der Waals surface area contributed by atoms with Crippen molar-refractivity contribution in [2.24, 2.45) is 5.41 Å². The summed E-state index contributed by atoms with van der Waals surface area (Å²) < 4.78 is 11.2. The van der Waals surface area contributed by atoms with Gasteiger partial charge >= 0.3 is 0 Å². The lowest BCUT2D eigenvalue weighted by molar-refractivity contribution is 0.171. The molecule has 2 rings (SSSR count). The topological polar surface area (TPSA) is 30.5 Å². The third-order valence-electron chi connectivity index (χ3n) is 3.73. The molecule has 0 fully saturated rings. The molecule has 0 saturated carbocycles. The van der Waals surface area contributed by atoms with Crippen LogP contribution in [0.4, 0.5) is 0 Å². The lowest BCUT2D eigenvalue weighted by atomic mass is 9.86. The van der Waals surface area contributed by atoms with Crippen LogP contribution in [0.3, 0.4) is 0 Å². The van der Waals surface area contributed by atoms with Crippen LogP contribution in [0.15, 0.2) is 18.2 Å². The lowest BCUT2D eigenvalue weighted by Gasteiger charge is -2.25. The number of hydrogen-bond donors (Lipinski definition) is 1. The van der Waals surface area contributed by atoms with Crippen molar-refractivity contribution in [3.8, 4) is 11.5 Å². The molecule has 0 spiro atoms. The van der Waals surface area contributed by atoms with E-state index in [1.165, 1.54) is 18.4 Å². The van der Waals surface area contributed by atoms with Gasteiger partial charge in [0.25, 0.3) is 0 Å². The van der Waals surface area contributed by atoms with Crippen molar-refractivity contribution < 1.29 is 9.47 Å². The van der Waals surface area contributed by atoms with E-state index in [2.05, 4.69) is 38.2 Å². The Hall–Kier alpha value is -1.22. The van der Waals surface area contributed by atoms with Crippen LogP contribution >= 0.6 is 0 Å². The first-order valence-corrected chi connectivity index (χ1v) is 7.70. The molecule has 0 unspecified atom stereocenters. The van der Waals surface area contributed by atoms with Crippen molar-refractivity contribution in [3.05, 3.63) is 23.8 Å². The average molecular weight is 277 g/mol. The average Bonchev–Trinajstić information content (AvgIpc) is 2.45. The Morgan fingerprint density at radius 2 is 1.90 bits per heavy atom. The molecule has 1 aromatic rings. The summed E-state index contributed by atoms with van der Waals surface area (Å²) in [5, 5.41) is 3.52. The van der Waals surface area contributed by atoms with E-state index in [0.29, 0.717) is 18.6 Å². The standard InChI is InChI=1S/C17H27NO2/c1-4-9-18-13-17(2,3)8-7-14-5-6-15-16(12-14)20-11-10-19-15/h5-6,12,18H,4,7-11,13H2,1-3H3. The van der Waals surface area contributed by atoms with E-state index < -0.39 is 0 Å². The molecule has 0 amide bonds. The summed E-state index contributed by atoms with van der Waals surface area (Å²) >= 11 is 0. The second-order valence-corrected chi connectivity index (χ2v) is 6.32. The predicted molar refractivity (Wildman–Crippen MR) is 82.7 cm³/mol. The smallest absolute Gasteiger partial charge is 0.161 e. The van der Waals surface area contributed by atoms with Crippen molar-refractivity contribution in [1.29, 1.82) is 0 Å². The summed E-state index contributed by atoms with van der Waals surface area (Å²) in [4.78, 5) is 0. The Kier molecular flexibility index (Phi) is 5.30. The third kappa shape index (κ3) is 4.41. The van der Waals surface area contributed by atoms with Gasteiger partial charge in [-0.3, -0.25) is 0 Å².